The SMILES string of the molecule is CCCCCCCCCCCCCCC(=O)O[C@@H]1[C@@H](COP(=O)(OCOC(=O)C(C)(C)C)OCOC(=O)C(C)(C)C)O[C@@H](n2ccc(N)nc2=O)C1(F)F. The van der Waals surface area contributed by atoms with Gasteiger partial charge < -0.3 is 24.7 Å². The molecule has 0 aromatic carbocycles. The van der Waals surface area contributed by atoms with Crippen molar-refractivity contribution in [1.82, 2.24) is 9.55 Å². The number of hydrogen-bond acceptors (Lipinski definition) is 14. The molecule has 0 spiro atoms. The van der Waals surface area contributed by atoms with Crippen LogP contribution in [0.15, 0.2) is 17.1 Å². The second-order valence-corrected chi connectivity index (χ2v) is 17.1. The van der Waals surface area contributed by atoms with Crippen molar-refractivity contribution in [2.75, 3.05) is 25.9 Å². The Morgan fingerprint density at radius 1 is 0.852 bits per heavy atom. The summed E-state index contributed by atoms with van der Waals surface area (Å²) >= 11 is 0. The first kappa shape index (κ1) is 47.2. The van der Waals surface area contributed by atoms with Crippen LogP contribution >= 0.6 is 7.82 Å². The van der Waals surface area contributed by atoms with E-state index in [4.69, 9.17) is 38.3 Å². The third kappa shape index (κ3) is 16.0. The number of carbonyl (C=O) groups excluding carboxylic acids is 3. The Kier molecular flexibility index (Phi) is 19.2. The molecule has 1 saturated heterocycles. The van der Waals surface area contributed by atoms with Gasteiger partial charge in [0.2, 0.25) is 19.8 Å². The molecule has 0 amide bonds. The van der Waals surface area contributed by atoms with E-state index in [-0.39, 0.29) is 12.2 Å². The molecule has 15 nitrogen and oxygen atoms in total. The summed E-state index contributed by atoms with van der Waals surface area (Å²) < 4.78 is 82.4. The van der Waals surface area contributed by atoms with Gasteiger partial charge in [-0.25, -0.2) is 18.4 Å². The Hall–Kier alpha value is -2.98. The molecule has 1 fully saturated rings. The minimum atomic E-state index is -4.86. The normalized spacial score (nSPS) is 18.7. The van der Waals surface area contributed by atoms with Crippen LogP contribution < -0.4 is 11.4 Å². The van der Waals surface area contributed by atoms with Crippen LogP contribution in [-0.2, 0) is 51.5 Å². The van der Waals surface area contributed by atoms with Crippen LogP contribution in [0.1, 0.15) is 138 Å². The number of nitrogens with two attached hydrogens (primary N) is 1. The van der Waals surface area contributed by atoms with Crippen LogP contribution in [0.5, 0.6) is 0 Å². The molecular formula is C36H60F2N3O12P. The Bertz CT molecular complexity index is 1410. The van der Waals surface area contributed by atoms with Gasteiger partial charge in [-0.3, -0.25) is 23.5 Å². The van der Waals surface area contributed by atoms with Crippen LogP contribution in [0.4, 0.5) is 14.6 Å². The van der Waals surface area contributed by atoms with E-state index in [9.17, 15) is 23.7 Å². The molecule has 1 aliphatic rings. The summed E-state index contributed by atoms with van der Waals surface area (Å²) in [6.45, 7) is 8.64. The summed E-state index contributed by atoms with van der Waals surface area (Å²) in [5.41, 5.74) is 2.44. The standard InChI is InChI=1S/C36H60F2N3O12P/c1-8-9-10-11-12-13-14-15-16-17-18-19-20-28(42)53-29-26(52-30(36(29,37)38)41-22-21-27(39)40-33(41)45)23-49-54(46,50-24-47-31(43)34(2,3)4)51-25-48-32(44)35(5,6)7/h21-22,26,29-30H,8-20,23-25H2,1-7H3,(H2,39,40,45)/t26-,29-,30-/m1/s1. The molecule has 1 aromatic heterocycles. The van der Waals surface area contributed by atoms with Crippen molar-refractivity contribution in [3.8, 4) is 0 Å². The summed E-state index contributed by atoms with van der Waals surface area (Å²) in [6.07, 6.45) is 6.93. The van der Waals surface area contributed by atoms with Gasteiger partial charge in [-0.15, -0.1) is 0 Å². The lowest BCUT2D eigenvalue weighted by Gasteiger charge is -2.25. The minimum absolute atomic E-state index is 0.158. The zero-order valence-electron chi connectivity index (χ0n) is 32.8. The second kappa shape index (κ2) is 21.9. The number of hydrogen-bond donors (Lipinski definition) is 1. The number of phosphoric ester groups is 1. The van der Waals surface area contributed by atoms with Gasteiger partial charge in [0.15, 0.2) is 6.10 Å². The molecule has 18 heteroatoms. The van der Waals surface area contributed by atoms with E-state index in [1.54, 1.807) is 41.5 Å². The first-order valence-electron chi connectivity index (χ1n) is 18.7. The third-order valence-electron chi connectivity index (χ3n) is 8.37. The summed E-state index contributed by atoms with van der Waals surface area (Å²) in [7, 11) is -4.86. The smallest absolute Gasteiger partial charge is 0.453 e. The van der Waals surface area contributed by atoms with Crippen molar-refractivity contribution < 1.29 is 60.2 Å². The molecule has 54 heavy (non-hydrogen) atoms. The first-order chi connectivity index (χ1) is 25.2. The van der Waals surface area contributed by atoms with Gasteiger partial charge in [0, 0.05) is 12.6 Å². The number of phosphoric acid groups is 1. The predicted octanol–water partition coefficient (Wildman–Crippen LogP) is 7.61. The Balaban J connectivity index is 2.13. The number of aromatic nitrogens is 2. The van der Waals surface area contributed by atoms with Gasteiger partial charge in [-0.05, 0) is 54.0 Å². The topological polar surface area (TPSA) is 194 Å². The van der Waals surface area contributed by atoms with Crippen molar-refractivity contribution >= 4 is 31.5 Å². The van der Waals surface area contributed by atoms with Crippen molar-refractivity contribution in [1.29, 1.82) is 0 Å². The van der Waals surface area contributed by atoms with E-state index < -0.39 is 86.8 Å². The van der Waals surface area contributed by atoms with Crippen LogP contribution in [0.2, 0.25) is 0 Å². The van der Waals surface area contributed by atoms with Crippen LogP contribution in [0, 0.1) is 10.8 Å². The molecule has 1 aliphatic heterocycles. The van der Waals surface area contributed by atoms with Gasteiger partial charge in [-0.2, -0.15) is 13.8 Å². The number of halogens is 2. The van der Waals surface area contributed by atoms with Crippen molar-refractivity contribution in [2.24, 2.45) is 10.8 Å². The fourth-order valence-corrected chi connectivity index (χ4v) is 6.08. The maximum atomic E-state index is 16.0. The van der Waals surface area contributed by atoms with E-state index in [0.717, 1.165) is 37.9 Å². The zero-order chi connectivity index (χ0) is 40.6. The number of nitrogens with zero attached hydrogens (tertiary/aromatic N) is 2. The van der Waals surface area contributed by atoms with Crippen molar-refractivity contribution in [2.45, 2.75) is 156 Å². The molecule has 0 saturated carbocycles. The molecule has 2 N–H and O–H groups in total. The number of alkyl halides is 2. The van der Waals surface area contributed by atoms with E-state index in [1.807, 2.05) is 0 Å². The van der Waals surface area contributed by atoms with Crippen molar-refractivity contribution in [3.05, 3.63) is 22.7 Å². The van der Waals surface area contributed by atoms with E-state index in [0.29, 0.717) is 17.4 Å². The quantitative estimate of drug-likeness (QED) is 0.0353. The average molecular weight is 796 g/mol. The van der Waals surface area contributed by atoms with Gasteiger partial charge in [0.05, 0.1) is 17.4 Å². The molecule has 0 unspecified atom stereocenters. The highest BCUT2D eigenvalue weighted by Crippen LogP contribution is 2.52. The number of nitrogen functional groups attached to an aromatic ring is 1. The molecule has 0 aliphatic carbocycles. The molecule has 2 heterocycles. The highest BCUT2D eigenvalue weighted by atomic mass is 31.2. The number of ether oxygens (including phenoxy) is 4. The predicted molar refractivity (Wildman–Crippen MR) is 194 cm³/mol. The lowest BCUT2D eigenvalue weighted by Crippen LogP contribution is -2.44. The average Bonchev–Trinajstić information content (AvgIpc) is 3.31. The Morgan fingerprint density at radius 2 is 1.33 bits per heavy atom. The molecule has 3 atom stereocenters. The first-order valence-corrected chi connectivity index (χ1v) is 20.1. The Labute approximate surface area is 316 Å². The highest BCUT2D eigenvalue weighted by molar-refractivity contribution is 7.48. The molecular weight excluding hydrogens is 735 g/mol. The van der Waals surface area contributed by atoms with Gasteiger partial charge in [-0.1, -0.05) is 77.6 Å². The van der Waals surface area contributed by atoms with Gasteiger partial charge >= 0.3 is 37.3 Å². The fraction of sp³-hybridized carbons (Fsp3) is 0.806. The van der Waals surface area contributed by atoms with Gasteiger partial charge in [0.25, 0.3) is 0 Å². The minimum Gasteiger partial charge on any atom is -0.453 e. The van der Waals surface area contributed by atoms with E-state index >= 15 is 8.78 Å². The van der Waals surface area contributed by atoms with Crippen LogP contribution in [0.3, 0.4) is 0 Å². The van der Waals surface area contributed by atoms with E-state index in [1.165, 1.54) is 38.5 Å². The largest absolute Gasteiger partial charge is 0.480 e. The maximum Gasteiger partial charge on any atom is 0.480 e. The van der Waals surface area contributed by atoms with Crippen LogP contribution in [0.25, 0.3) is 0 Å². The number of unbranched alkanes of at least 4 members (excludes halogenated alkanes) is 11. The summed E-state index contributed by atoms with van der Waals surface area (Å²) in [5.74, 6) is -6.67. The second-order valence-electron chi connectivity index (χ2n) is 15.4. The third-order valence-corrected chi connectivity index (χ3v) is 9.68. The molecule has 0 radical (unpaired) electrons. The Morgan fingerprint density at radius 3 is 1.80 bits per heavy atom. The fourth-order valence-electron chi connectivity index (χ4n) is 5.16. The van der Waals surface area contributed by atoms with Gasteiger partial charge in [0.1, 0.15) is 11.9 Å². The summed E-state index contributed by atoms with van der Waals surface area (Å²) in [6, 6.07) is 1.10. The molecule has 2 rings (SSSR count). The maximum absolute atomic E-state index is 16.0. The van der Waals surface area contributed by atoms with Crippen LogP contribution in [-0.4, -0.2) is 65.8 Å². The number of carbonyl (C=O) groups is 3. The number of esters is 3. The molecule has 0 bridgehead atoms. The van der Waals surface area contributed by atoms with E-state index in [2.05, 4.69) is 11.9 Å². The highest BCUT2D eigenvalue weighted by Gasteiger charge is 2.63. The lowest BCUT2D eigenvalue weighted by atomic mass is 9.98. The lowest BCUT2D eigenvalue weighted by molar-refractivity contribution is -0.176. The number of rotatable bonds is 24. The summed E-state index contributed by atoms with van der Waals surface area (Å²) in [4.78, 5) is 53.4. The summed E-state index contributed by atoms with van der Waals surface area (Å²) in [5, 5.41) is 0. The van der Waals surface area contributed by atoms with Crippen molar-refractivity contribution in [3.63, 3.8) is 0 Å². The monoisotopic (exact) mass is 795 g/mol. The number of anilines is 1. The zero-order valence-corrected chi connectivity index (χ0v) is 33.7. The molecule has 1 aromatic rings. The molecule has 310 valence electrons.